The molecule has 1 aliphatic carbocycles. The third-order valence-electron chi connectivity index (χ3n) is 3.38. The fraction of sp³-hybridized carbons (Fsp3) is 0.600. The first-order valence-electron chi connectivity index (χ1n) is 7.06. The Hall–Kier alpha value is -1.42. The van der Waals surface area contributed by atoms with Crippen LogP contribution in [-0.2, 0) is 0 Å². The minimum Gasteiger partial charge on any atom is -0.491 e. The Morgan fingerprint density at radius 2 is 2.00 bits per heavy atom. The fourth-order valence-corrected chi connectivity index (χ4v) is 2.54. The quantitative estimate of drug-likeness (QED) is 0.731. The molecule has 1 aromatic carbocycles. The predicted molar refractivity (Wildman–Crippen MR) is 78.5 cm³/mol. The molecule has 0 bridgehead atoms. The van der Waals surface area contributed by atoms with E-state index in [2.05, 4.69) is 5.32 Å². The average Bonchev–Trinajstić information content (AvgIpc) is 2.30. The smallest absolute Gasteiger partial charge is 0.123 e. The minimum absolute atomic E-state index is 0.113. The van der Waals surface area contributed by atoms with Crippen LogP contribution in [0.15, 0.2) is 18.2 Å². The van der Waals surface area contributed by atoms with Crippen LogP contribution in [0.5, 0.6) is 5.75 Å². The van der Waals surface area contributed by atoms with Crippen molar-refractivity contribution in [1.82, 2.24) is 0 Å². The third kappa shape index (κ3) is 4.03. The Balaban J connectivity index is 2.08. The van der Waals surface area contributed by atoms with Crippen molar-refractivity contribution >= 4 is 11.4 Å². The molecule has 0 amide bonds. The number of aliphatic hydroxyl groups excluding tert-OH is 1. The standard InChI is InChI=1S/C15H24N2O2/c1-10(2)19-13-8-11(16)7-12(9-13)17-14-5-3-4-6-15(14)18/h7-10,14-15,17-18H,3-6,16H2,1-2H3. The third-order valence-corrected chi connectivity index (χ3v) is 3.38. The van der Waals surface area contributed by atoms with Gasteiger partial charge in [0, 0.05) is 23.5 Å². The van der Waals surface area contributed by atoms with Gasteiger partial charge in [-0.15, -0.1) is 0 Å². The van der Waals surface area contributed by atoms with Gasteiger partial charge in [0.25, 0.3) is 0 Å². The van der Waals surface area contributed by atoms with Crippen molar-refractivity contribution in [2.75, 3.05) is 11.1 Å². The number of aliphatic hydroxyl groups is 1. The Kier molecular flexibility index (Phi) is 4.53. The Labute approximate surface area is 115 Å². The molecule has 0 aliphatic heterocycles. The zero-order valence-electron chi connectivity index (χ0n) is 11.7. The molecule has 19 heavy (non-hydrogen) atoms. The molecule has 106 valence electrons. The van der Waals surface area contributed by atoms with Crippen LogP contribution >= 0.6 is 0 Å². The number of ether oxygens (including phenoxy) is 1. The summed E-state index contributed by atoms with van der Waals surface area (Å²) in [5, 5.41) is 13.4. The van der Waals surface area contributed by atoms with Crippen LogP contribution < -0.4 is 15.8 Å². The van der Waals surface area contributed by atoms with Gasteiger partial charge >= 0.3 is 0 Å². The maximum Gasteiger partial charge on any atom is 0.123 e. The van der Waals surface area contributed by atoms with Crippen LogP contribution in [0.3, 0.4) is 0 Å². The molecule has 2 atom stereocenters. The lowest BCUT2D eigenvalue weighted by Crippen LogP contribution is -2.36. The number of hydrogen-bond acceptors (Lipinski definition) is 4. The molecule has 1 fully saturated rings. The Morgan fingerprint density at radius 1 is 1.26 bits per heavy atom. The summed E-state index contributed by atoms with van der Waals surface area (Å²) in [7, 11) is 0. The molecule has 1 saturated carbocycles. The lowest BCUT2D eigenvalue weighted by Gasteiger charge is -2.29. The fourth-order valence-electron chi connectivity index (χ4n) is 2.54. The number of hydrogen-bond donors (Lipinski definition) is 3. The second-order valence-corrected chi connectivity index (χ2v) is 5.56. The van der Waals surface area contributed by atoms with Gasteiger partial charge in [0.15, 0.2) is 0 Å². The van der Waals surface area contributed by atoms with E-state index >= 15 is 0 Å². The van der Waals surface area contributed by atoms with Gasteiger partial charge in [0.2, 0.25) is 0 Å². The molecule has 0 spiro atoms. The first-order valence-corrected chi connectivity index (χ1v) is 7.06. The Morgan fingerprint density at radius 3 is 2.68 bits per heavy atom. The average molecular weight is 264 g/mol. The van der Waals surface area contributed by atoms with Crippen LogP contribution in [0.2, 0.25) is 0 Å². The highest BCUT2D eigenvalue weighted by molar-refractivity contribution is 5.59. The summed E-state index contributed by atoms with van der Waals surface area (Å²) in [6.07, 6.45) is 3.98. The molecule has 0 radical (unpaired) electrons. The normalized spacial score (nSPS) is 23.4. The van der Waals surface area contributed by atoms with Gasteiger partial charge in [-0.05, 0) is 32.8 Å². The van der Waals surface area contributed by atoms with E-state index in [9.17, 15) is 5.11 Å². The SMILES string of the molecule is CC(C)Oc1cc(N)cc(NC2CCCCC2O)c1. The molecule has 4 heteroatoms. The number of anilines is 2. The highest BCUT2D eigenvalue weighted by Gasteiger charge is 2.22. The summed E-state index contributed by atoms with van der Waals surface area (Å²) in [6.45, 7) is 3.97. The van der Waals surface area contributed by atoms with Crippen molar-refractivity contribution in [3.63, 3.8) is 0 Å². The molecule has 0 saturated heterocycles. The van der Waals surface area contributed by atoms with E-state index < -0.39 is 0 Å². The molecule has 2 unspecified atom stereocenters. The van der Waals surface area contributed by atoms with Crippen molar-refractivity contribution in [1.29, 1.82) is 0 Å². The molecule has 0 aromatic heterocycles. The van der Waals surface area contributed by atoms with E-state index in [4.69, 9.17) is 10.5 Å². The molecular formula is C15H24N2O2. The van der Waals surface area contributed by atoms with Gasteiger partial charge in [-0.1, -0.05) is 12.8 Å². The van der Waals surface area contributed by atoms with Crippen molar-refractivity contribution in [3.05, 3.63) is 18.2 Å². The number of nitrogen functional groups attached to an aromatic ring is 1. The molecule has 1 aliphatic rings. The van der Waals surface area contributed by atoms with Gasteiger partial charge < -0.3 is 20.9 Å². The molecule has 2 rings (SSSR count). The van der Waals surface area contributed by atoms with Gasteiger partial charge in [0.05, 0.1) is 18.2 Å². The van der Waals surface area contributed by atoms with E-state index in [0.29, 0.717) is 5.69 Å². The summed E-state index contributed by atoms with van der Waals surface area (Å²) in [5.74, 6) is 0.766. The van der Waals surface area contributed by atoms with E-state index in [1.807, 2.05) is 32.0 Å². The van der Waals surface area contributed by atoms with Gasteiger partial charge in [0.1, 0.15) is 5.75 Å². The first kappa shape index (κ1) is 14.0. The molecular weight excluding hydrogens is 240 g/mol. The number of nitrogens with one attached hydrogen (secondary N) is 1. The maximum absolute atomic E-state index is 9.99. The van der Waals surface area contributed by atoms with Crippen molar-refractivity contribution in [2.45, 2.75) is 57.8 Å². The first-order chi connectivity index (χ1) is 9.04. The summed E-state index contributed by atoms with van der Waals surface area (Å²) in [5.41, 5.74) is 7.48. The monoisotopic (exact) mass is 264 g/mol. The second-order valence-electron chi connectivity index (χ2n) is 5.56. The number of benzene rings is 1. The summed E-state index contributed by atoms with van der Waals surface area (Å²) >= 11 is 0. The maximum atomic E-state index is 9.99. The summed E-state index contributed by atoms with van der Waals surface area (Å²) < 4.78 is 5.67. The number of rotatable bonds is 4. The number of nitrogens with two attached hydrogens (primary N) is 1. The summed E-state index contributed by atoms with van der Waals surface area (Å²) in [6, 6.07) is 5.76. The van der Waals surface area contributed by atoms with E-state index in [-0.39, 0.29) is 18.2 Å². The second kappa shape index (κ2) is 6.15. The largest absolute Gasteiger partial charge is 0.491 e. The van der Waals surface area contributed by atoms with Crippen LogP contribution in [0, 0.1) is 0 Å². The van der Waals surface area contributed by atoms with E-state index in [1.165, 1.54) is 0 Å². The predicted octanol–water partition coefficient (Wildman–Crippen LogP) is 2.77. The van der Waals surface area contributed by atoms with Crippen molar-refractivity contribution in [2.24, 2.45) is 0 Å². The highest BCUT2D eigenvalue weighted by Crippen LogP contribution is 2.27. The molecule has 1 aromatic rings. The molecule has 0 heterocycles. The zero-order valence-corrected chi connectivity index (χ0v) is 11.7. The van der Waals surface area contributed by atoms with Crippen LogP contribution in [0.4, 0.5) is 11.4 Å². The molecule has 4 nitrogen and oxygen atoms in total. The van der Waals surface area contributed by atoms with E-state index in [0.717, 1.165) is 37.1 Å². The lowest BCUT2D eigenvalue weighted by molar-refractivity contribution is 0.116. The molecule has 4 N–H and O–H groups in total. The van der Waals surface area contributed by atoms with Crippen molar-refractivity contribution in [3.8, 4) is 5.75 Å². The van der Waals surface area contributed by atoms with Gasteiger partial charge in [-0.3, -0.25) is 0 Å². The van der Waals surface area contributed by atoms with Crippen LogP contribution in [0.1, 0.15) is 39.5 Å². The minimum atomic E-state index is -0.273. The van der Waals surface area contributed by atoms with Gasteiger partial charge in [-0.25, -0.2) is 0 Å². The van der Waals surface area contributed by atoms with Gasteiger partial charge in [-0.2, -0.15) is 0 Å². The van der Waals surface area contributed by atoms with E-state index in [1.54, 1.807) is 0 Å². The lowest BCUT2D eigenvalue weighted by atomic mass is 9.92. The van der Waals surface area contributed by atoms with Crippen molar-refractivity contribution < 1.29 is 9.84 Å². The van der Waals surface area contributed by atoms with Crippen LogP contribution in [-0.4, -0.2) is 23.4 Å². The van der Waals surface area contributed by atoms with Crippen LogP contribution in [0.25, 0.3) is 0 Å². The topological polar surface area (TPSA) is 67.5 Å². The summed E-state index contributed by atoms with van der Waals surface area (Å²) in [4.78, 5) is 0. The zero-order chi connectivity index (χ0) is 13.8. The highest BCUT2D eigenvalue weighted by atomic mass is 16.5. The Bertz CT molecular complexity index is 421.